The molecule has 0 atom stereocenters. The van der Waals surface area contributed by atoms with Crippen LogP contribution in [0.5, 0.6) is 0 Å². The van der Waals surface area contributed by atoms with Crippen molar-refractivity contribution in [1.82, 2.24) is 0 Å². The summed E-state index contributed by atoms with van der Waals surface area (Å²) < 4.78 is 3.80. The summed E-state index contributed by atoms with van der Waals surface area (Å²) in [5.74, 6) is -0.991. The van der Waals surface area contributed by atoms with E-state index in [0.717, 1.165) is 0 Å². The average Bonchev–Trinajstić information content (AvgIpc) is 1.82. The van der Waals surface area contributed by atoms with Gasteiger partial charge in [0, 0.05) is 4.92 Å². The van der Waals surface area contributed by atoms with Gasteiger partial charge in [0.15, 0.2) is 0 Å². The Bertz CT molecular complexity index is 189. The molecule has 0 saturated carbocycles. The maximum Gasteiger partial charge on any atom is 0.412 e. The molecular weight excluding hydrogens is 156 g/mol. The quantitative estimate of drug-likeness (QED) is 0.254. The first-order chi connectivity index (χ1) is 5.02. The maximum atomic E-state index is 10.3. The Morgan fingerprint density at radius 1 is 1.55 bits per heavy atom. The molecule has 0 aliphatic rings. The lowest BCUT2D eigenvalue weighted by Gasteiger charge is -1.94. The van der Waals surface area contributed by atoms with Gasteiger partial charge in [-0.2, -0.15) is 0 Å². The topological polar surface area (TPSA) is 113 Å². The number of hydrogen-bond acceptors (Lipinski definition) is 5. The van der Waals surface area contributed by atoms with Gasteiger partial charge in [-0.15, -0.1) is 0 Å². The second-order valence-electron chi connectivity index (χ2n) is 1.60. The fourth-order valence-corrected chi connectivity index (χ4v) is 0.346. The second-order valence-corrected chi connectivity index (χ2v) is 1.60. The number of carbonyl (C=O) groups is 2. The van der Waals surface area contributed by atoms with E-state index in [9.17, 15) is 19.7 Å². The minimum absolute atomic E-state index is 0.448. The Hall–Kier alpha value is -1.66. The molecule has 1 amide bonds. The van der Waals surface area contributed by atoms with Crippen molar-refractivity contribution >= 4 is 12.1 Å². The zero-order valence-corrected chi connectivity index (χ0v) is 5.48. The zero-order chi connectivity index (χ0) is 8.85. The van der Waals surface area contributed by atoms with Crippen molar-refractivity contribution in [1.29, 1.82) is 0 Å². The zero-order valence-electron chi connectivity index (χ0n) is 5.48. The van der Waals surface area contributed by atoms with Gasteiger partial charge in [-0.3, -0.25) is 14.9 Å². The molecule has 0 saturated heterocycles. The number of ether oxygens (including phenoxy) is 1. The van der Waals surface area contributed by atoms with Crippen LogP contribution >= 0.6 is 0 Å². The van der Waals surface area contributed by atoms with E-state index in [4.69, 9.17) is 0 Å². The minimum atomic E-state index is -1.25. The Labute approximate surface area is 61.3 Å². The van der Waals surface area contributed by atoms with Crippen LogP contribution in [-0.2, 0) is 9.53 Å². The third-order valence-electron chi connectivity index (χ3n) is 0.713. The molecule has 0 aliphatic carbocycles. The van der Waals surface area contributed by atoms with E-state index in [2.05, 4.69) is 10.5 Å². The average molecular weight is 162 g/mol. The van der Waals surface area contributed by atoms with Crippen molar-refractivity contribution in [3.05, 3.63) is 10.1 Å². The molecule has 0 heterocycles. The van der Waals surface area contributed by atoms with E-state index in [0.29, 0.717) is 0 Å². The fraction of sp³-hybridized carbons (Fsp3) is 0.500. The first kappa shape index (κ1) is 9.34. The van der Waals surface area contributed by atoms with Crippen LogP contribution in [0.1, 0.15) is 6.42 Å². The van der Waals surface area contributed by atoms with Crippen LogP contribution in [0.25, 0.3) is 0 Å². The summed E-state index contributed by atoms with van der Waals surface area (Å²) in [6, 6.07) is 0. The summed E-state index contributed by atoms with van der Waals surface area (Å²) in [6.45, 7) is -0.563. The minimum Gasteiger partial charge on any atom is -0.376 e. The highest BCUT2D eigenvalue weighted by atomic mass is 16.6. The van der Waals surface area contributed by atoms with Crippen LogP contribution in [0.15, 0.2) is 0 Å². The third kappa shape index (κ3) is 6.22. The highest BCUT2D eigenvalue weighted by molar-refractivity contribution is 5.83. The number of esters is 1. The smallest absolute Gasteiger partial charge is 0.376 e. The third-order valence-corrected chi connectivity index (χ3v) is 0.713. The van der Waals surface area contributed by atoms with E-state index in [1.54, 1.807) is 0 Å². The number of rotatable bonds is 3. The largest absolute Gasteiger partial charge is 0.412 e. The molecule has 0 fully saturated rings. The van der Waals surface area contributed by atoms with Gasteiger partial charge in [-0.05, 0) is 0 Å². The molecule has 0 spiro atoms. The Morgan fingerprint density at radius 2 is 2.09 bits per heavy atom. The van der Waals surface area contributed by atoms with Gasteiger partial charge >= 0.3 is 12.1 Å². The molecule has 0 rings (SSSR count). The molecule has 0 unspecified atom stereocenters. The summed E-state index contributed by atoms with van der Waals surface area (Å²) in [5.41, 5.74) is 4.45. The summed E-state index contributed by atoms with van der Waals surface area (Å²) in [7, 11) is 0. The molecule has 7 heteroatoms. The maximum absolute atomic E-state index is 10.3. The predicted molar refractivity (Wildman–Crippen MR) is 32.2 cm³/mol. The summed E-state index contributed by atoms with van der Waals surface area (Å²) in [6.07, 6.45) is -1.70. The molecule has 0 aromatic carbocycles. The molecule has 0 radical (unpaired) electrons. The van der Waals surface area contributed by atoms with Gasteiger partial charge in [-0.1, -0.05) is 0 Å². The summed E-state index contributed by atoms with van der Waals surface area (Å²) >= 11 is 0. The van der Waals surface area contributed by atoms with Crippen LogP contribution in [0.4, 0.5) is 4.79 Å². The Balaban J connectivity index is 3.53. The first-order valence-electron chi connectivity index (χ1n) is 2.64. The highest BCUT2D eigenvalue weighted by Crippen LogP contribution is 1.86. The van der Waals surface area contributed by atoms with Crippen LogP contribution in [0.2, 0.25) is 0 Å². The number of nitrogens with zero attached hydrogens (tertiary/aromatic N) is 1. The Morgan fingerprint density at radius 3 is 2.45 bits per heavy atom. The van der Waals surface area contributed by atoms with Crippen LogP contribution in [0.3, 0.4) is 0 Å². The van der Waals surface area contributed by atoms with Crippen LogP contribution in [0, 0.1) is 10.1 Å². The fourth-order valence-electron chi connectivity index (χ4n) is 0.346. The predicted octanol–water partition coefficient (Wildman–Crippen LogP) is -0.725. The van der Waals surface area contributed by atoms with Crippen molar-refractivity contribution in [2.24, 2.45) is 5.73 Å². The monoisotopic (exact) mass is 162 g/mol. The van der Waals surface area contributed by atoms with Crippen molar-refractivity contribution in [2.75, 3.05) is 6.54 Å². The lowest BCUT2D eigenvalue weighted by Crippen LogP contribution is -2.20. The number of nitrogens with two attached hydrogens (primary N) is 1. The summed E-state index contributed by atoms with van der Waals surface area (Å²) in [4.78, 5) is 29.2. The van der Waals surface area contributed by atoms with E-state index in [-0.39, 0.29) is 0 Å². The van der Waals surface area contributed by atoms with E-state index in [1.165, 1.54) is 0 Å². The molecule has 7 nitrogen and oxygen atoms in total. The number of hydrogen-bond donors (Lipinski definition) is 1. The first-order valence-corrected chi connectivity index (χ1v) is 2.64. The van der Waals surface area contributed by atoms with Gasteiger partial charge < -0.3 is 10.5 Å². The van der Waals surface area contributed by atoms with Gasteiger partial charge in [0.25, 0.3) is 0 Å². The number of amides is 1. The van der Waals surface area contributed by atoms with Crippen molar-refractivity contribution in [2.45, 2.75) is 6.42 Å². The van der Waals surface area contributed by atoms with Crippen LogP contribution < -0.4 is 5.73 Å². The van der Waals surface area contributed by atoms with Gasteiger partial charge in [0.2, 0.25) is 6.54 Å². The Kier molecular flexibility index (Phi) is 3.57. The van der Waals surface area contributed by atoms with Crippen LogP contribution in [-0.4, -0.2) is 23.5 Å². The highest BCUT2D eigenvalue weighted by Gasteiger charge is 2.09. The molecule has 2 N–H and O–H groups in total. The van der Waals surface area contributed by atoms with Crippen molar-refractivity contribution < 1.29 is 19.2 Å². The lowest BCUT2D eigenvalue weighted by atomic mass is 10.4. The molecule has 0 aliphatic heterocycles. The number of primary amides is 1. The second kappa shape index (κ2) is 4.20. The van der Waals surface area contributed by atoms with Gasteiger partial charge in [-0.25, -0.2) is 4.79 Å². The molecule has 11 heavy (non-hydrogen) atoms. The van der Waals surface area contributed by atoms with Gasteiger partial charge in [0.1, 0.15) is 6.42 Å². The normalized spacial score (nSPS) is 8.73. The standard InChI is InChI=1S/C4H6N2O5/c5-4(8)11-3(7)1-2-6(9)10/h1-2H2,(H2,5,8). The summed E-state index contributed by atoms with van der Waals surface area (Å²) in [5, 5.41) is 9.67. The SMILES string of the molecule is NC(=O)OC(=O)CC[N+](=O)[O-]. The van der Waals surface area contributed by atoms with Crippen molar-refractivity contribution in [3.63, 3.8) is 0 Å². The lowest BCUT2D eigenvalue weighted by molar-refractivity contribution is -0.478. The van der Waals surface area contributed by atoms with Crippen molar-refractivity contribution in [3.8, 4) is 0 Å². The molecule has 0 aromatic rings. The number of carbonyl (C=O) groups excluding carboxylic acids is 2. The number of nitro groups is 1. The van der Waals surface area contributed by atoms with Gasteiger partial charge in [0.05, 0.1) is 0 Å². The van der Waals surface area contributed by atoms with E-state index in [1.807, 2.05) is 0 Å². The van der Waals surface area contributed by atoms with E-state index >= 15 is 0 Å². The molecular formula is C4H6N2O5. The molecule has 62 valence electrons. The molecule has 0 bridgehead atoms. The molecule has 0 aromatic heterocycles. The van der Waals surface area contributed by atoms with E-state index < -0.39 is 30.0 Å².